The smallest absolute Gasteiger partial charge is 0.408 e. The van der Waals surface area contributed by atoms with Gasteiger partial charge < -0.3 is 35.1 Å². The first-order valence-corrected chi connectivity index (χ1v) is 15.6. The third-order valence-corrected chi connectivity index (χ3v) is 8.90. The second-order valence-corrected chi connectivity index (χ2v) is 14.2. The van der Waals surface area contributed by atoms with Gasteiger partial charge in [0.25, 0.3) is 5.89 Å². The first-order chi connectivity index (χ1) is 22.3. The fraction of sp³-hybridized carbons (Fsp3) is 0.412. The molecule has 2 bridgehead atoms. The average Bonchev–Trinajstić information content (AvgIpc) is 3.54. The zero-order valence-corrected chi connectivity index (χ0v) is 26.9. The minimum absolute atomic E-state index is 0.199. The summed E-state index contributed by atoms with van der Waals surface area (Å²) in [6, 6.07) is 14.4. The maximum Gasteiger partial charge on any atom is 0.408 e. The van der Waals surface area contributed by atoms with Gasteiger partial charge in [0.1, 0.15) is 22.6 Å². The Morgan fingerprint density at radius 2 is 1.81 bits per heavy atom. The Labute approximate surface area is 271 Å². The van der Waals surface area contributed by atoms with Gasteiger partial charge in [-0.3, -0.25) is 0 Å². The third kappa shape index (κ3) is 5.64. The molecule has 1 amide bonds. The Hall–Kier alpha value is -5.04. The van der Waals surface area contributed by atoms with Gasteiger partial charge in [-0.2, -0.15) is 9.97 Å². The molecular formula is C34H37N7O6. The number of alkyl carbamates (subject to hydrolysis) is 1. The number of esters is 1. The fourth-order valence-electron chi connectivity index (χ4n) is 6.79. The van der Waals surface area contributed by atoms with Crippen molar-refractivity contribution < 1.29 is 28.7 Å². The lowest BCUT2D eigenvalue weighted by atomic mass is 9.39. The number of aliphatic hydroxyl groups is 1. The molecule has 0 radical (unpaired) electrons. The highest BCUT2D eigenvalue weighted by molar-refractivity contribution is 5.95. The van der Waals surface area contributed by atoms with Crippen LogP contribution in [0.4, 0.5) is 22.2 Å². The second kappa shape index (κ2) is 10.8. The van der Waals surface area contributed by atoms with Crippen molar-refractivity contribution in [1.82, 2.24) is 25.4 Å². The van der Waals surface area contributed by atoms with E-state index >= 15 is 0 Å². The monoisotopic (exact) mass is 639 g/mol. The summed E-state index contributed by atoms with van der Waals surface area (Å²) in [6.07, 6.45) is 3.24. The van der Waals surface area contributed by atoms with E-state index in [9.17, 15) is 14.7 Å². The normalized spacial score (nSPS) is 22.6. The first-order valence-electron chi connectivity index (χ1n) is 15.6. The summed E-state index contributed by atoms with van der Waals surface area (Å²) in [5.74, 6) is 1.09. The molecule has 0 unspecified atom stereocenters. The molecule has 2 aromatic carbocycles. The zero-order chi connectivity index (χ0) is 33.2. The van der Waals surface area contributed by atoms with Crippen molar-refractivity contribution in [3.63, 3.8) is 0 Å². The summed E-state index contributed by atoms with van der Waals surface area (Å²) in [7, 11) is 0. The van der Waals surface area contributed by atoms with E-state index in [1.54, 1.807) is 18.3 Å². The van der Waals surface area contributed by atoms with Crippen molar-refractivity contribution in [1.29, 1.82) is 0 Å². The maximum atomic E-state index is 12.4. The number of cyclic esters (lactones) is 1. The molecule has 13 heteroatoms. The van der Waals surface area contributed by atoms with Crippen molar-refractivity contribution >= 4 is 29.5 Å². The van der Waals surface area contributed by atoms with Crippen LogP contribution in [-0.2, 0) is 20.5 Å². The number of nitrogens with one attached hydrogen (secondary N) is 3. The van der Waals surface area contributed by atoms with Gasteiger partial charge in [-0.05, 0) is 77.6 Å². The van der Waals surface area contributed by atoms with Crippen LogP contribution in [0, 0.1) is 0 Å². The van der Waals surface area contributed by atoms with E-state index < -0.39 is 23.3 Å². The molecule has 1 atom stereocenters. The first kappa shape index (κ1) is 30.6. The second-order valence-electron chi connectivity index (χ2n) is 14.2. The van der Waals surface area contributed by atoms with E-state index in [1.165, 1.54) is 0 Å². The Bertz CT molecular complexity index is 1850. The van der Waals surface area contributed by atoms with E-state index in [0.29, 0.717) is 47.7 Å². The van der Waals surface area contributed by atoms with Gasteiger partial charge >= 0.3 is 12.1 Å². The molecule has 4 aliphatic rings. The van der Waals surface area contributed by atoms with Crippen LogP contribution in [0.15, 0.2) is 59.3 Å². The molecule has 1 aliphatic heterocycles. The average molecular weight is 640 g/mol. The van der Waals surface area contributed by atoms with E-state index in [1.807, 2.05) is 71.0 Å². The molecule has 4 N–H and O–H groups in total. The summed E-state index contributed by atoms with van der Waals surface area (Å²) in [5.41, 5.74) is 1.36. The quantitative estimate of drug-likeness (QED) is 0.169. The number of ether oxygens (including phenoxy) is 2. The molecule has 3 heterocycles. The molecule has 2 aromatic heterocycles. The summed E-state index contributed by atoms with van der Waals surface area (Å²) in [4.78, 5) is 38.7. The lowest BCUT2D eigenvalue weighted by Gasteiger charge is -2.68. The number of hydrogen-bond acceptors (Lipinski definition) is 12. The molecule has 13 nitrogen and oxygen atoms in total. The standard InChI is InChI=1S/C34H37N7O6/c1-31(2,3)46-30(44)40-34-16-33(17-34,18-34)28-39-26(47-41-28)22-14-35-29(38-25(22)37-24(15-42)19-9-7-6-8-10-19)36-20-11-12-21-23(13-20)32(4,5)45-27(21)43/h6-14,24,42H,15-18H2,1-5H3,(H,40,44)(H2,35,36,37,38)/t24-,33?,34?/m1/s1. The van der Waals surface area contributed by atoms with Crippen LogP contribution in [0.1, 0.15) is 87.2 Å². The Morgan fingerprint density at radius 3 is 2.51 bits per heavy atom. The van der Waals surface area contributed by atoms with Crippen molar-refractivity contribution in [3.8, 4) is 11.5 Å². The van der Waals surface area contributed by atoms with Crippen LogP contribution >= 0.6 is 0 Å². The minimum atomic E-state index is -0.757. The van der Waals surface area contributed by atoms with Crippen LogP contribution < -0.4 is 16.0 Å². The van der Waals surface area contributed by atoms with Crippen molar-refractivity contribution in [2.45, 2.75) is 82.1 Å². The van der Waals surface area contributed by atoms with Gasteiger partial charge in [-0.25, -0.2) is 14.6 Å². The number of nitrogens with zero attached hydrogens (tertiary/aromatic N) is 4. The minimum Gasteiger partial charge on any atom is -0.451 e. The van der Waals surface area contributed by atoms with Crippen molar-refractivity contribution in [2.24, 2.45) is 0 Å². The summed E-state index contributed by atoms with van der Waals surface area (Å²) < 4.78 is 16.7. The molecule has 0 saturated heterocycles. The maximum absolute atomic E-state index is 12.4. The number of aromatic nitrogens is 4. The highest BCUT2D eigenvalue weighted by atomic mass is 16.6. The number of hydrogen-bond donors (Lipinski definition) is 4. The van der Waals surface area contributed by atoms with Gasteiger partial charge in [-0.1, -0.05) is 35.5 Å². The van der Waals surface area contributed by atoms with Gasteiger partial charge in [0.15, 0.2) is 5.82 Å². The number of amides is 1. The van der Waals surface area contributed by atoms with Gasteiger partial charge in [0.05, 0.1) is 18.2 Å². The molecule has 3 aliphatic carbocycles. The molecule has 3 saturated carbocycles. The van der Waals surface area contributed by atoms with Gasteiger partial charge in [0.2, 0.25) is 5.95 Å². The number of aliphatic hydroxyl groups excluding tert-OH is 1. The van der Waals surface area contributed by atoms with Gasteiger partial charge in [0, 0.05) is 28.4 Å². The SMILES string of the molecule is CC(C)(C)OC(=O)NC12CC(c3noc(-c4cnc(Nc5ccc6c(c5)C(C)(C)OC6=O)nc4N[C@H](CO)c4ccccc4)n3)(C1)C2. The number of carbonyl (C=O) groups excluding carboxylic acids is 2. The summed E-state index contributed by atoms with van der Waals surface area (Å²) >= 11 is 0. The molecule has 47 heavy (non-hydrogen) atoms. The van der Waals surface area contributed by atoms with Gasteiger partial charge in [-0.15, -0.1) is 0 Å². The lowest BCUT2D eigenvalue weighted by Crippen LogP contribution is -2.77. The topological polar surface area (TPSA) is 174 Å². The predicted molar refractivity (Wildman–Crippen MR) is 171 cm³/mol. The van der Waals surface area contributed by atoms with Crippen LogP contribution in [0.25, 0.3) is 11.5 Å². The van der Waals surface area contributed by atoms with Crippen molar-refractivity contribution in [2.75, 3.05) is 17.2 Å². The highest BCUT2D eigenvalue weighted by Crippen LogP contribution is 2.67. The summed E-state index contributed by atoms with van der Waals surface area (Å²) in [5, 5.41) is 24.2. The van der Waals surface area contributed by atoms with E-state index in [2.05, 4.69) is 26.1 Å². The van der Waals surface area contributed by atoms with Crippen LogP contribution in [0.2, 0.25) is 0 Å². The van der Waals surface area contributed by atoms with E-state index in [4.69, 9.17) is 24.0 Å². The molecule has 8 rings (SSSR count). The Kier molecular flexibility index (Phi) is 7.01. The molecule has 244 valence electrons. The molecule has 3 fully saturated rings. The van der Waals surface area contributed by atoms with Crippen LogP contribution in [-0.4, -0.2) is 55.0 Å². The Morgan fingerprint density at radius 1 is 1.06 bits per heavy atom. The lowest BCUT2D eigenvalue weighted by molar-refractivity contribution is -0.0943. The largest absolute Gasteiger partial charge is 0.451 e. The number of fused-ring (bicyclic) bond motifs is 1. The third-order valence-electron chi connectivity index (χ3n) is 8.90. The summed E-state index contributed by atoms with van der Waals surface area (Å²) in [6.45, 7) is 8.99. The van der Waals surface area contributed by atoms with E-state index in [-0.39, 0.29) is 35.4 Å². The zero-order valence-electron chi connectivity index (χ0n) is 26.9. The van der Waals surface area contributed by atoms with Crippen LogP contribution in [0.5, 0.6) is 0 Å². The van der Waals surface area contributed by atoms with Crippen molar-refractivity contribution in [3.05, 3.63) is 77.2 Å². The number of rotatable bonds is 9. The van der Waals surface area contributed by atoms with Crippen LogP contribution in [0.3, 0.4) is 0 Å². The number of carbonyl (C=O) groups is 2. The number of benzene rings is 2. The van der Waals surface area contributed by atoms with E-state index in [0.717, 1.165) is 11.1 Å². The number of anilines is 3. The Balaban J connectivity index is 1.15. The molecule has 0 spiro atoms. The molecular weight excluding hydrogens is 602 g/mol. The predicted octanol–water partition coefficient (Wildman–Crippen LogP) is 5.52. The molecule has 4 aromatic rings. The fourth-order valence-corrected chi connectivity index (χ4v) is 6.79. The highest BCUT2D eigenvalue weighted by Gasteiger charge is 2.71.